The lowest BCUT2D eigenvalue weighted by molar-refractivity contribution is 0.667. The van der Waals surface area contributed by atoms with Crippen molar-refractivity contribution in [2.75, 3.05) is 0 Å². The van der Waals surface area contributed by atoms with Crippen LogP contribution < -0.4 is 0 Å². The van der Waals surface area contributed by atoms with E-state index in [1.807, 2.05) is 84.9 Å². The highest BCUT2D eigenvalue weighted by molar-refractivity contribution is 6.05. The van der Waals surface area contributed by atoms with Gasteiger partial charge in [-0.05, 0) is 35.7 Å². The normalized spacial score (nSPS) is 12.9. The highest BCUT2D eigenvalue weighted by atomic mass is 16.3. The van der Waals surface area contributed by atoms with Gasteiger partial charge in [-0.2, -0.15) is 0 Å². The van der Waals surface area contributed by atoms with Gasteiger partial charge in [-0.1, -0.05) is 66.7 Å². The second kappa shape index (κ2) is 6.16. The van der Waals surface area contributed by atoms with Crippen molar-refractivity contribution in [3.05, 3.63) is 102 Å². The van der Waals surface area contributed by atoms with Crippen LogP contribution in [0.5, 0.6) is 0 Å². The van der Waals surface area contributed by atoms with E-state index in [4.69, 9.17) is 7.16 Å². The fourth-order valence-electron chi connectivity index (χ4n) is 3.23. The predicted octanol–water partition coefficient (Wildman–Crippen LogP) is 6.24. The van der Waals surface area contributed by atoms with E-state index in [1.165, 1.54) is 0 Å². The van der Waals surface area contributed by atoms with Crippen molar-refractivity contribution in [1.82, 2.24) is 4.98 Å². The Morgan fingerprint density at radius 1 is 0.731 bits per heavy atom. The molecule has 0 aliphatic heterocycles. The smallest absolute Gasteiger partial charge is 0.153 e. The third kappa shape index (κ3) is 2.66. The molecule has 0 N–H and O–H groups in total. The SMILES string of the molecule is [2H]C([2H])(c1ccccc1)c1cccc(-c2cc3c(cn2)oc2ccccc23)c1. The summed E-state index contributed by atoms with van der Waals surface area (Å²) in [5.41, 5.74) is 4.51. The first kappa shape index (κ1) is 12.9. The first-order chi connectivity index (χ1) is 13.6. The molecule has 0 spiro atoms. The van der Waals surface area contributed by atoms with Gasteiger partial charge in [0.2, 0.25) is 0 Å². The molecule has 2 heterocycles. The molecule has 0 aliphatic rings. The minimum absolute atomic E-state index is 0.607. The summed E-state index contributed by atoms with van der Waals surface area (Å²) in [6.07, 6.45) is 0.160. The van der Waals surface area contributed by atoms with Gasteiger partial charge >= 0.3 is 0 Å². The standard InChI is InChI=1S/C24H17NO/c1-2-7-17(8-3-1)13-18-9-6-10-19(14-18)22-15-21-20-11-4-5-12-23(20)26-24(21)16-25-22/h1-12,14-16H,13H2/i13D2. The van der Waals surface area contributed by atoms with Crippen molar-refractivity contribution >= 4 is 21.9 Å². The topological polar surface area (TPSA) is 26.0 Å². The molecule has 0 amide bonds. The van der Waals surface area contributed by atoms with Crippen molar-refractivity contribution in [3.8, 4) is 11.3 Å². The summed E-state index contributed by atoms with van der Waals surface area (Å²) >= 11 is 0. The van der Waals surface area contributed by atoms with Crippen LogP contribution >= 0.6 is 0 Å². The Kier molecular flexibility index (Phi) is 3.06. The molecule has 2 heteroatoms. The van der Waals surface area contributed by atoms with Crippen LogP contribution in [0.3, 0.4) is 0 Å². The van der Waals surface area contributed by atoms with Crippen LogP contribution in [-0.2, 0) is 6.37 Å². The molecule has 0 saturated carbocycles. The van der Waals surface area contributed by atoms with Crippen molar-refractivity contribution in [2.45, 2.75) is 6.37 Å². The van der Waals surface area contributed by atoms with Crippen molar-refractivity contribution < 1.29 is 7.16 Å². The van der Waals surface area contributed by atoms with Crippen molar-refractivity contribution in [3.63, 3.8) is 0 Å². The number of para-hydroxylation sites is 1. The van der Waals surface area contributed by atoms with Crippen LogP contribution in [0.25, 0.3) is 33.2 Å². The average Bonchev–Trinajstić information content (AvgIpc) is 3.12. The number of hydrogen-bond acceptors (Lipinski definition) is 2. The highest BCUT2D eigenvalue weighted by Crippen LogP contribution is 2.31. The Bertz CT molecular complexity index is 1290. The van der Waals surface area contributed by atoms with Crippen LogP contribution in [-0.4, -0.2) is 4.98 Å². The van der Waals surface area contributed by atoms with Gasteiger partial charge in [0.15, 0.2) is 5.58 Å². The molecule has 2 aromatic heterocycles. The monoisotopic (exact) mass is 337 g/mol. The summed E-state index contributed by atoms with van der Waals surface area (Å²) in [6, 6.07) is 26.7. The molecular weight excluding hydrogens is 318 g/mol. The van der Waals surface area contributed by atoms with E-state index in [-0.39, 0.29) is 0 Å². The van der Waals surface area contributed by atoms with E-state index >= 15 is 0 Å². The zero-order chi connectivity index (χ0) is 19.1. The first-order valence-electron chi connectivity index (χ1n) is 9.57. The van der Waals surface area contributed by atoms with Crippen LogP contribution in [0.2, 0.25) is 0 Å². The van der Waals surface area contributed by atoms with Gasteiger partial charge in [0.25, 0.3) is 0 Å². The first-order valence-corrected chi connectivity index (χ1v) is 8.57. The van der Waals surface area contributed by atoms with E-state index in [1.54, 1.807) is 6.20 Å². The Morgan fingerprint density at radius 3 is 2.46 bits per heavy atom. The van der Waals surface area contributed by atoms with Gasteiger partial charge in [0.1, 0.15) is 5.58 Å². The van der Waals surface area contributed by atoms with E-state index in [9.17, 15) is 0 Å². The van der Waals surface area contributed by atoms with Crippen LogP contribution in [0, 0.1) is 0 Å². The second-order valence-corrected chi connectivity index (χ2v) is 6.24. The zero-order valence-corrected chi connectivity index (χ0v) is 14.0. The number of rotatable bonds is 3. The quantitative estimate of drug-likeness (QED) is 0.389. The molecule has 5 rings (SSSR count). The van der Waals surface area contributed by atoms with Crippen LogP contribution in [0.1, 0.15) is 13.9 Å². The lowest BCUT2D eigenvalue weighted by Crippen LogP contribution is -1.89. The van der Waals surface area contributed by atoms with Crippen molar-refractivity contribution in [2.24, 2.45) is 0 Å². The fraction of sp³-hybridized carbons (Fsp3) is 0.0417. The minimum Gasteiger partial charge on any atom is -0.454 e. The molecular formula is C24H17NO. The molecule has 2 nitrogen and oxygen atoms in total. The predicted molar refractivity (Wildman–Crippen MR) is 106 cm³/mol. The summed E-state index contributed by atoms with van der Waals surface area (Å²) < 4.78 is 23.1. The minimum atomic E-state index is -1.58. The number of furan rings is 1. The molecule has 0 bridgehead atoms. The number of aromatic nitrogens is 1. The number of benzene rings is 3. The molecule has 124 valence electrons. The maximum atomic E-state index is 8.61. The Morgan fingerprint density at radius 2 is 1.54 bits per heavy atom. The van der Waals surface area contributed by atoms with Gasteiger partial charge in [0, 0.05) is 19.1 Å². The van der Waals surface area contributed by atoms with Gasteiger partial charge in [-0.15, -0.1) is 0 Å². The number of pyridine rings is 1. The summed E-state index contributed by atoms with van der Waals surface area (Å²) in [5, 5.41) is 2.06. The summed E-state index contributed by atoms with van der Waals surface area (Å²) in [5.74, 6) is 0. The molecule has 0 saturated heterocycles. The Hall–Kier alpha value is -3.39. The third-order valence-corrected chi connectivity index (χ3v) is 4.49. The van der Waals surface area contributed by atoms with E-state index in [2.05, 4.69) is 4.98 Å². The number of fused-ring (bicyclic) bond motifs is 3. The molecule has 0 atom stereocenters. The van der Waals surface area contributed by atoms with E-state index in [0.29, 0.717) is 11.1 Å². The average molecular weight is 337 g/mol. The lowest BCUT2D eigenvalue weighted by atomic mass is 10.0. The zero-order valence-electron chi connectivity index (χ0n) is 16.0. The second-order valence-electron chi connectivity index (χ2n) is 6.24. The van der Waals surface area contributed by atoms with Gasteiger partial charge < -0.3 is 4.42 Å². The lowest BCUT2D eigenvalue weighted by Gasteiger charge is -2.06. The molecule has 0 fully saturated rings. The molecule has 5 aromatic rings. The van der Waals surface area contributed by atoms with Crippen LogP contribution in [0.15, 0.2) is 95.5 Å². The largest absolute Gasteiger partial charge is 0.454 e. The molecule has 3 aromatic carbocycles. The molecule has 0 unspecified atom stereocenters. The summed E-state index contributed by atoms with van der Waals surface area (Å²) in [4.78, 5) is 4.55. The Balaban J connectivity index is 1.62. The number of nitrogens with zero attached hydrogens (tertiary/aromatic N) is 1. The highest BCUT2D eigenvalue weighted by Gasteiger charge is 2.09. The fourth-order valence-corrected chi connectivity index (χ4v) is 3.23. The van der Waals surface area contributed by atoms with Crippen LogP contribution in [0.4, 0.5) is 0 Å². The van der Waals surface area contributed by atoms with E-state index < -0.39 is 6.37 Å². The van der Waals surface area contributed by atoms with Gasteiger partial charge in [0.05, 0.1) is 11.9 Å². The third-order valence-electron chi connectivity index (χ3n) is 4.49. The Labute approximate surface area is 154 Å². The maximum Gasteiger partial charge on any atom is 0.153 e. The molecule has 26 heavy (non-hydrogen) atoms. The van der Waals surface area contributed by atoms with E-state index in [0.717, 1.165) is 33.2 Å². The maximum absolute atomic E-state index is 8.61. The summed E-state index contributed by atoms with van der Waals surface area (Å²) in [7, 11) is 0. The van der Waals surface area contributed by atoms with Crippen molar-refractivity contribution in [1.29, 1.82) is 0 Å². The molecule has 0 radical (unpaired) electrons. The number of hydrogen-bond donors (Lipinski definition) is 0. The van der Waals surface area contributed by atoms with Gasteiger partial charge in [-0.3, -0.25) is 4.98 Å². The summed E-state index contributed by atoms with van der Waals surface area (Å²) in [6.45, 7) is 0. The molecule has 0 aliphatic carbocycles. The van der Waals surface area contributed by atoms with Gasteiger partial charge in [-0.25, -0.2) is 0 Å².